The Morgan fingerprint density at radius 3 is 2.58 bits per heavy atom. The molecule has 100 valence electrons. The number of para-hydroxylation sites is 1. The first-order valence-corrected chi connectivity index (χ1v) is 5.97. The van der Waals surface area contributed by atoms with Crippen LogP contribution in [0.1, 0.15) is 11.1 Å². The Kier molecular flexibility index (Phi) is 4.36. The number of hydrogen-bond acceptors (Lipinski definition) is 3. The number of hydrogen-bond donors (Lipinski definition) is 1. The van der Waals surface area contributed by atoms with E-state index in [-0.39, 0.29) is 12.4 Å². The van der Waals surface area contributed by atoms with Gasteiger partial charge in [0.05, 0.1) is 7.11 Å². The van der Waals surface area contributed by atoms with E-state index in [0.29, 0.717) is 17.9 Å². The van der Waals surface area contributed by atoms with Gasteiger partial charge in [-0.15, -0.1) is 0 Å². The Labute approximate surface area is 111 Å². The van der Waals surface area contributed by atoms with Crippen molar-refractivity contribution in [3.05, 3.63) is 59.4 Å². The van der Waals surface area contributed by atoms with Gasteiger partial charge in [-0.3, -0.25) is 0 Å². The topological polar surface area (TPSA) is 44.5 Å². The van der Waals surface area contributed by atoms with Gasteiger partial charge in [0.1, 0.15) is 23.9 Å². The fraction of sp³-hybridized carbons (Fsp3) is 0.200. The van der Waals surface area contributed by atoms with Crippen LogP contribution in [-0.4, -0.2) is 7.11 Å². The highest BCUT2D eigenvalue weighted by Crippen LogP contribution is 2.21. The van der Waals surface area contributed by atoms with Crippen LogP contribution in [0.2, 0.25) is 0 Å². The number of methoxy groups -OCH3 is 1. The van der Waals surface area contributed by atoms with Gasteiger partial charge in [-0.05, 0) is 12.1 Å². The Balaban J connectivity index is 2.08. The third-order valence-electron chi connectivity index (χ3n) is 2.83. The third-order valence-corrected chi connectivity index (χ3v) is 2.83. The molecule has 2 aromatic carbocycles. The summed E-state index contributed by atoms with van der Waals surface area (Å²) in [6, 6.07) is 12.2. The van der Waals surface area contributed by atoms with Crippen LogP contribution < -0.4 is 15.2 Å². The molecular weight excluding hydrogens is 245 g/mol. The monoisotopic (exact) mass is 261 g/mol. The molecule has 2 N–H and O–H groups in total. The molecule has 0 fully saturated rings. The van der Waals surface area contributed by atoms with Crippen molar-refractivity contribution in [2.24, 2.45) is 5.73 Å². The first-order chi connectivity index (χ1) is 9.24. The zero-order valence-corrected chi connectivity index (χ0v) is 10.7. The second kappa shape index (κ2) is 6.20. The summed E-state index contributed by atoms with van der Waals surface area (Å²) in [5, 5.41) is 0. The second-order valence-corrected chi connectivity index (χ2v) is 4.06. The van der Waals surface area contributed by atoms with Crippen LogP contribution in [-0.2, 0) is 13.2 Å². The lowest BCUT2D eigenvalue weighted by atomic mass is 10.2. The van der Waals surface area contributed by atoms with E-state index in [1.54, 1.807) is 19.2 Å². The molecule has 0 bridgehead atoms. The third kappa shape index (κ3) is 3.23. The van der Waals surface area contributed by atoms with Gasteiger partial charge in [0.15, 0.2) is 0 Å². The summed E-state index contributed by atoms with van der Waals surface area (Å²) in [4.78, 5) is 0. The van der Waals surface area contributed by atoms with Crippen LogP contribution in [0.15, 0.2) is 42.5 Å². The predicted molar refractivity (Wildman–Crippen MR) is 71.6 cm³/mol. The van der Waals surface area contributed by atoms with Gasteiger partial charge in [0, 0.05) is 23.7 Å². The maximum absolute atomic E-state index is 13.5. The molecule has 0 aliphatic carbocycles. The average Bonchev–Trinajstić information content (AvgIpc) is 2.45. The smallest absolute Gasteiger partial charge is 0.131 e. The van der Waals surface area contributed by atoms with Gasteiger partial charge in [0.25, 0.3) is 0 Å². The summed E-state index contributed by atoms with van der Waals surface area (Å²) in [5.74, 6) is 0.877. The van der Waals surface area contributed by atoms with E-state index < -0.39 is 0 Å². The van der Waals surface area contributed by atoms with Gasteiger partial charge in [0.2, 0.25) is 0 Å². The van der Waals surface area contributed by atoms with Crippen molar-refractivity contribution in [2.75, 3.05) is 7.11 Å². The van der Waals surface area contributed by atoms with Gasteiger partial charge >= 0.3 is 0 Å². The number of benzene rings is 2. The van der Waals surface area contributed by atoms with Crippen molar-refractivity contribution in [1.82, 2.24) is 0 Å². The van der Waals surface area contributed by atoms with E-state index in [1.165, 1.54) is 6.07 Å². The molecule has 0 saturated heterocycles. The average molecular weight is 261 g/mol. The Morgan fingerprint density at radius 1 is 1.11 bits per heavy atom. The van der Waals surface area contributed by atoms with Crippen LogP contribution in [0.4, 0.5) is 4.39 Å². The highest BCUT2D eigenvalue weighted by molar-refractivity contribution is 5.34. The van der Waals surface area contributed by atoms with Crippen LogP contribution >= 0.6 is 0 Å². The van der Waals surface area contributed by atoms with Crippen molar-refractivity contribution in [1.29, 1.82) is 0 Å². The van der Waals surface area contributed by atoms with Crippen LogP contribution in [0.5, 0.6) is 11.5 Å². The molecule has 0 aliphatic rings. The predicted octanol–water partition coefficient (Wildman–Crippen LogP) is 2.87. The molecule has 0 atom stereocenters. The molecule has 0 saturated carbocycles. The minimum Gasteiger partial charge on any atom is -0.496 e. The zero-order valence-electron chi connectivity index (χ0n) is 10.7. The van der Waals surface area contributed by atoms with Crippen LogP contribution in [0.3, 0.4) is 0 Å². The molecule has 2 aromatic rings. The number of rotatable bonds is 5. The first-order valence-electron chi connectivity index (χ1n) is 5.97. The Hall–Kier alpha value is -2.07. The van der Waals surface area contributed by atoms with Crippen molar-refractivity contribution in [3.8, 4) is 11.5 Å². The highest BCUT2D eigenvalue weighted by Gasteiger charge is 2.05. The van der Waals surface area contributed by atoms with Gasteiger partial charge in [-0.2, -0.15) is 0 Å². The summed E-state index contributed by atoms with van der Waals surface area (Å²) in [6.07, 6.45) is 0. The highest BCUT2D eigenvalue weighted by atomic mass is 19.1. The second-order valence-electron chi connectivity index (χ2n) is 4.06. The first kappa shape index (κ1) is 13.4. The molecule has 0 radical (unpaired) electrons. The minimum atomic E-state index is -0.347. The molecular formula is C15H16FNO2. The maximum Gasteiger partial charge on any atom is 0.131 e. The summed E-state index contributed by atoms with van der Waals surface area (Å²) in [5.41, 5.74) is 6.79. The molecule has 0 amide bonds. The summed E-state index contributed by atoms with van der Waals surface area (Å²) in [6.45, 7) is 0.504. The lowest BCUT2D eigenvalue weighted by molar-refractivity contribution is 0.295. The molecule has 0 heterocycles. The van der Waals surface area contributed by atoms with Gasteiger partial charge in [-0.25, -0.2) is 4.39 Å². The van der Waals surface area contributed by atoms with Crippen molar-refractivity contribution in [2.45, 2.75) is 13.2 Å². The SMILES string of the molecule is COc1ccccc1COc1ccc(CN)c(F)c1. The molecule has 0 spiro atoms. The standard InChI is InChI=1S/C15H16FNO2/c1-18-15-5-3-2-4-12(15)10-19-13-7-6-11(9-17)14(16)8-13/h2-8H,9-10,17H2,1H3. The summed E-state index contributed by atoms with van der Waals surface area (Å²) in [7, 11) is 1.61. The van der Waals surface area contributed by atoms with Gasteiger partial charge < -0.3 is 15.2 Å². The number of nitrogens with two attached hydrogens (primary N) is 1. The zero-order chi connectivity index (χ0) is 13.7. The summed E-state index contributed by atoms with van der Waals surface area (Å²) >= 11 is 0. The number of ether oxygens (including phenoxy) is 2. The Bertz CT molecular complexity index is 558. The van der Waals surface area contributed by atoms with Crippen LogP contribution in [0, 0.1) is 5.82 Å². The quantitative estimate of drug-likeness (QED) is 0.900. The fourth-order valence-corrected chi connectivity index (χ4v) is 1.77. The minimum absolute atomic E-state index is 0.179. The largest absolute Gasteiger partial charge is 0.496 e. The molecule has 0 unspecified atom stereocenters. The molecule has 19 heavy (non-hydrogen) atoms. The fourth-order valence-electron chi connectivity index (χ4n) is 1.77. The van der Waals surface area contributed by atoms with E-state index in [9.17, 15) is 4.39 Å². The van der Waals surface area contributed by atoms with E-state index in [1.807, 2.05) is 24.3 Å². The van der Waals surface area contributed by atoms with Crippen molar-refractivity contribution >= 4 is 0 Å². The van der Waals surface area contributed by atoms with E-state index in [4.69, 9.17) is 15.2 Å². The van der Waals surface area contributed by atoms with Crippen molar-refractivity contribution < 1.29 is 13.9 Å². The number of halogens is 1. The lowest BCUT2D eigenvalue weighted by Crippen LogP contribution is -2.02. The lowest BCUT2D eigenvalue weighted by Gasteiger charge is -2.10. The van der Waals surface area contributed by atoms with Gasteiger partial charge in [-0.1, -0.05) is 24.3 Å². The molecule has 2 rings (SSSR count). The molecule has 0 aromatic heterocycles. The summed E-state index contributed by atoms with van der Waals surface area (Å²) < 4.78 is 24.3. The van der Waals surface area contributed by atoms with E-state index in [2.05, 4.69) is 0 Å². The Morgan fingerprint density at radius 2 is 1.89 bits per heavy atom. The molecule has 0 aliphatic heterocycles. The molecule has 4 heteroatoms. The molecule has 3 nitrogen and oxygen atoms in total. The van der Waals surface area contributed by atoms with Crippen molar-refractivity contribution in [3.63, 3.8) is 0 Å². The normalized spacial score (nSPS) is 10.3. The van der Waals surface area contributed by atoms with E-state index >= 15 is 0 Å². The maximum atomic E-state index is 13.5. The van der Waals surface area contributed by atoms with Crippen LogP contribution in [0.25, 0.3) is 0 Å². The van der Waals surface area contributed by atoms with E-state index in [0.717, 1.165) is 11.3 Å².